The Morgan fingerprint density at radius 1 is 1.20 bits per heavy atom. The third-order valence-corrected chi connectivity index (χ3v) is 6.17. The van der Waals surface area contributed by atoms with Crippen molar-refractivity contribution in [2.24, 2.45) is 5.92 Å². The van der Waals surface area contributed by atoms with Crippen molar-refractivity contribution in [3.05, 3.63) is 24.0 Å². The van der Waals surface area contributed by atoms with Crippen LogP contribution in [-0.2, 0) is 9.59 Å². The van der Waals surface area contributed by atoms with Gasteiger partial charge in [-0.25, -0.2) is 4.39 Å². The molecule has 2 heterocycles. The van der Waals surface area contributed by atoms with Gasteiger partial charge < -0.3 is 31.1 Å². The lowest BCUT2D eigenvalue weighted by molar-refractivity contribution is -0.153. The van der Waals surface area contributed by atoms with Gasteiger partial charge in [-0.05, 0) is 56.7 Å². The summed E-state index contributed by atoms with van der Waals surface area (Å²) in [5.74, 6) is -1.52. The summed E-state index contributed by atoms with van der Waals surface area (Å²) in [7, 11) is 0. The fourth-order valence-electron chi connectivity index (χ4n) is 4.25. The number of nitrogens with two attached hydrogens (primary N) is 1. The van der Waals surface area contributed by atoms with Crippen LogP contribution in [0.1, 0.15) is 32.6 Å². The van der Waals surface area contributed by atoms with Crippen LogP contribution in [0.15, 0.2) is 18.2 Å². The van der Waals surface area contributed by atoms with Crippen LogP contribution in [0.4, 0.5) is 15.8 Å². The SMILES string of the molecule is C[C@@H]1CCCN1C(=O)[C@H](O)[C@@H](O)C(=O)NCC1CCN(c2ccc(F)cc2N)CC1. The normalized spacial score (nSPS) is 22.1. The highest BCUT2D eigenvalue weighted by Gasteiger charge is 2.36. The summed E-state index contributed by atoms with van der Waals surface area (Å²) in [4.78, 5) is 28.2. The number of carbonyl (C=O) groups is 2. The van der Waals surface area contributed by atoms with Crippen LogP contribution >= 0.6 is 0 Å². The molecule has 2 saturated heterocycles. The van der Waals surface area contributed by atoms with E-state index in [2.05, 4.69) is 10.2 Å². The first-order valence-corrected chi connectivity index (χ1v) is 10.5. The predicted octanol–water partition coefficient (Wildman–Crippen LogP) is 0.473. The van der Waals surface area contributed by atoms with Crippen LogP contribution in [0.3, 0.4) is 0 Å². The van der Waals surface area contributed by atoms with E-state index < -0.39 is 24.0 Å². The predicted molar refractivity (Wildman–Crippen MR) is 111 cm³/mol. The third-order valence-electron chi connectivity index (χ3n) is 6.17. The Hall–Kier alpha value is -2.39. The highest BCUT2D eigenvalue weighted by molar-refractivity contribution is 5.90. The first-order valence-electron chi connectivity index (χ1n) is 10.5. The molecule has 30 heavy (non-hydrogen) atoms. The molecule has 1 aromatic rings. The summed E-state index contributed by atoms with van der Waals surface area (Å²) in [6.45, 7) is 4.20. The minimum Gasteiger partial charge on any atom is -0.397 e. The smallest absolute Gasteiger partial charge is 0.254 e. The van der Waals surface area contributed by atoms with Crippen molar-refractivity contribution < 1.29 is 24.2 Å². The standard InChI is InChI=1S/C21H31FN4O4/c1-13-3-2-8-26(13)21(30)19(28)18(27)20(29)24-12-14-6-9-25(10-7-14)17-5-4-15(22)11-16(17)23/h4-5,11,13-14,18-19,27-28H,2-3,6-10,12,23H2,1H3,(H,24,29)/t13-,18-,19-/m1/s1. The molecule has 2 aliphatic rings. The summed E-state index contributed by atoms with van der Waals surface area (Å²) in [5, 5.41) is 22.9. The van der Waals surface area contributed by atoms with Crippen molar-refractivity contribution in [3.8, 4) is 0 Å². The van der Waals surface area contributed by atoms with Gasteiger partial charge in [0, 0.05) is 32.2 Å². The number of carbonyl (C=O) groups excluding carboxylic acids is 2. The average Bonchev–Trinajstić information content (AvgIpc) is 3.16. The lowest BCUT2D eigenvalue weighted by atomic mass is 9.96. The Morgan fingerprint density at radius 2 is 1.90 bits per heavy atom. The molecule has 2 amide bonds. The van der Waals surface area contributed by atoms with E-state index in [9.17, 15) is 24.2 Å². The van der Waals surface area contributed by atoms with E-state index in [1.165, 1.54) is 17.0 Å². The Bertz CT molecular complexity index is 769. The molecule has 9 heteroatoms. The Balaban J connectivity index is 1.44. The zero-order chi connectivity index (χ0) is 21.8. The second-order valence-electron chi connectivity index (χ2n) is 8.29. The summed E-state index contributed by atoms with van der Waals surface area (Å²) < 4.78 is 13.2. The van der Waals surface area contributed by atoms with Gasteiger partial charge in [0.2, 0.25) is 0 Å². The number of anilines is 2. The van der Waals surface area contributed by atoms with Crippen molar-refractivity contribution in [1.82, 2.24) is 10.2 Å². The molecular weight excluding hydrogens is 391 g/mol. The number of nitrogen functional groups attached to an aromatic ring is 1. The van der Waals surface area contributed by atoms with E-state index >= 15 is 0 Å². The lowest BCUT2D eigenvalue weighted by Gasteiger charge is -2.34. The second kappa shape index (κ2) is 9.61. The van der Waals surface area contributed by atoms with E-state index in [1.807, 2.05) is 6.92 Å². The molecule has 0 bridgehead atoms. The van der Waals surface area contributed by atoms with E-state index in [4.69, 9.17) is 5.73 Å². The maximum absolute atomic E-state index is 13.2. The molecule has 0 aliphatic carbocycles. The molecule has 2 aliphatic heterocycles. The topological polar surface area (TPSA) is 119 Å². The highest BCUT2D eigenvalue weighted by atomic mass is 19.1. The maximum atomic E-state index is 13.2. The Labute approximate surface area is 175 Å². The first-order chi connectivity index (χ1) is 14.3. The Morgan fingerprint density at radius 3 is 2.50 bits per heavy atom. The zero-order valence-electron chi connectivity index (χ0n) is 17.3. The fourth-order valence-corrected chi connectivity index (χ4v) is 4.25. The van der Waals surface area contributed by atoms with Crippen LogP contribution in [0.5, 0.6) is 0 Å². The molecule has 5 N–H and O–H groups in total. The zero-order valence-corrected chi connectivity index (χ0v) is 17.3. The first kappa shape index (κ1) is 22.3. The number of halogens is 1. The number of likely N-dealkylation sites (tertiary alicyclic amines) is 1. The second-order valence-corrected chi connectivity index (χ2v) is 8.29. The molecule has 8 nitrogen and oxygen atoms in total. The van der Waals surface area contributed by atoms with E-state index in [1.54, 1.807) is 6.07 Å². The molecule has 2 fully saturated rings. The molecule has 0 spiro atoms. The minimum absolute atomic E-state index is 0.00254. The van der Waals surface area contributed by atoms with Crippen molar-refractivity contribution >= 4 is 23.2 Å². The van der Waals surface area contributed by atoms with Crippen molar-refractivity contribution in [1.29, 1.82) is 0 Å². The number of hydrogen-bond donors (Lipinski definition) is 4. The largest absolute Gasteiger partial charge is 0.397 e. The molecular formula is C21H31FN4O4. The minimum atomic E-state index is -1.79. The third kappa shape index (κ3) is 5.02. The van der Waals surface area contributed by atoms with E-state index in [-0.39, 0.29) is 17.8 Å². The quantitative estimate of drug-likeness (QED) is 0.495. The number of nitrogens with one attached hydrogen (secondary N) is 1. The molecule has 0 aromatic heterocycles. The highest BCUT2D eigenvalue weighted by Crippen LogP contribution is 2.28. The monoisotopic (exact) mass is 422 g/mol. The van der Waals surface area contributed by atoms with Crippen molar-refractivity contribution in [3.63, 3.8) is 0 Å². The van der Waals surface area contributed by atoms with E-state index in [0.29, 0.717) is 31.9 Å². The summed E-state index contributed by atoms with van der Waals surface area (Å²) >= 11 is 0. The number of piperidine rings is 1. The number of amides is 2. The van der Waals surface area contributed by atoms with Crippen LogP contribution in [-0.4, -0.2) is 71.4 Å². The van der Waals surface area contributed by atoms with Gasteiger partial charge in [-0.1, -0.05) is 0 Å². The summed E-state index contributed by atoms with van der Waals surface area (Å²) in [5.41, 5.74) is 7.10. The van der Waals surface area contributed by atoms with Crippen molar-refractivity contribution in [2.75, 3.05) is 36.8 Å². The van der Waals surface area contributed by atoms with E-state index in [0.717, 1.165) is 31.4 Å². The molecule has 1 aromatic carbocycles. The van der Waals surface area contributed by atoms with Gasteiger partial charge in [0.25, 0.3) is 11.8 Å². The van der Waals surface area contributed by atoms with Crippen LogP contribution in [0.2, 0.25) is 0 Å². The van der Waals surface area contributed by atoms with Gasteiger partial charge in [-0.3, -0.25) is 9.59 Å². The summed E-state index contributed by atoms with van der Waals surface area (Å²) in [6, 6.07) is 4.36. The van der Waals surface area contributed by atoms with Crippen LogP contribution < -0.4 is 16.0 Å². The van der Waals surface area contributed by atoms with Gasteiger partial charge in [0.05, 0.1) is 11.4 Å². The van der Waals surface area contributed by atoms with Crippen LogP contribution in [0, 0.1) is 11.7 Å². The van der Waals surface area contributed by atoms with Gasteiger partial charge in [0.15, 0.2) is 12.2 Å². The van der Waals surface area contributed by atoms with Gasteiger partial charge in [0.1, 0.15) is 5.82 Å². The fraction of sp³-hybridized carbons (Fsp3) is 0.619. The van der Waals surface area contributed by atoms with Crippen LogP contribution in [0.25, 0.3) is 0 Å². The summed E-state index contributed by atoms with van der Waals surface area (Å²) in [6.07, 6.45) is -0.258. The molecule has 0 radical (unpaired) electrons. The molecule has 166 valence electrons. The maximum Gasteiger partial charge on any atom is 0.254 e. The van der Waals surface area contributed by atoms with Gasteiger partial charge in [-0.15, -0.1) is 0 Å². The number of hydrogen-bond acceptors (Lipinski definition) is 6. The molecule has 3 atom stereocenters. The molecule has 3 rings (SSSR count). The lowest BCUT2D eigenvalue weighted by Crippen LogP contribution is -2.52. The Kier molecular flexibility index (Phi) is 7.14. The number of aliphatic hydroxyl groups excluding tert-OH is 2. The molecule has 0 unspecified atom stereocenters. The molecule has 0 saturated carbocycles. The van der Waals surface area contributed by atoms with Crippen molar-refractivity contribution in [2.45, 2.75) is 50.9 Å². The van der Waals surface area contributed by atoms with Gasteiger partial charge >= 0.3 is 0 Å². The van der Waals surface area contributed by atoms with Gasteiger partial charge in [-0.2, -0.15) is 0 Å². The number of nitrogens with zero attached hydrogens (tertiary/aromatic N) is 2. The average molecular weight is 423 g/mol. The number of benzene rings is 1. The number of aliphatic hydroxyl groups is 2. The number of rotatable bonds is 6.